The molecule has 0 aromatic carbocycles. The van der Waals surface area contributed by atoms with Crippen LogP contribution in [-0.2, 0) is 21.8 Å². The minimum absolute atomic E-state index is 0.0541. The molecule has 1 aromatic heterocycles. The monoisotopic (exact) mass is 273 g/mol. The summed E-state index contributed by atoms with van der Waals surface area (Å²) in [7, 11) is -2.17. The minimum atomic E-state index is -3.78. The number of ether oxygens (including phenoxy) is 1. The third-order valence-electron chi connectivity index (χ3n) is 2.83. The first-order valence-electron chi connectivity index (χ1n) is 5.46. The van der Waals surface area contributed by atoms with E-state index in [1.807, 2.05) is 0 Å². The number of aromatic nitrogens is 1. The summed E-state index contributed by atoms with van der Waals surface area (Å²) < 4.78 is 29.1. The molecule has 18 heavy (non-hydrogen) atoms. The second-order valence-electron chi connectivity index (χ2n) is 4.12. The highest BCUT2D eigenvalue weighted by Crippen LogP contribution is 2.14. The van der Waals surface area contributed by atoms with Crippen molar-refractivity contribution in [3.63, 3.8) is 0 Å². The molecule has 2 rings (SSSR count). The van der Waals surface area contributed by atoms with E-state index in [9.17, 15) is 13.2 Å². The van der Waals surface area contributed by atoms with E-state index in [-0.39, 0.29) is 10.8 Å². The Morgan fingerprint density at radius 1 is 1.39 bits per heavy atom. The molecule has 1 aromatic rings. The molecule has 0 atom stereocenters. The maximum absolute atomic E-state index is 12.2. The van der Waals surface area contributed by atoms with Crippen molar-refractivity contribution < 1.29 is 17.9 Å². The van der Waals surface area contributed by atoms with E-state index in [2.05, 4.69) is 0 Å². The quantitative estimate of drug-likeness (QED) is 0.759. The standard InChI is InChI=1S/C10H15N3O4S/c1-12-7-8(18(11,15)16)6-9(12)10(14)13-2-4-17-5-3-13/h6-7H,2-5H2,1H3,(H2,11,15,16). The molecule has 1 aliphatic heterocycles. The number of carbonyl (C=O) groups excluding carboxylic acids is 1. The molecule has 2 heterocycles. The van der Waals surface area contributed by atoms with Crippen LogP contribution >= 0.6 is 0 Å². The van der Waals surface area contributed by atoms with Crippen molar-refractivity contribution in [2.75, 3.05) is 26.3 Å². The van der Waals surface area contributed by atoms with Crippen molar-refractivity contribution in [3.8, 4) is 0 Å². The van der Waals surface area contributed by atoms with E-state index >= 15 is 0 Å². The smallest absolute Gasteiger partial charge is 0.270 e. The molecular weight excluding hydrogens is 258 g/mol. The van der Waals surface area contributed by atoms with Gasteiger partial charge in [-0.25, -0.2) is 13.6 Å². The maximum atomic E-state index is 12.2. The van der Waals surface area contributed by atoms with Gasteiger partial charge in [-0.05, 0) is 6.07 Å². The highest BCUT2D eigenvalue weighted by Gasteiger charge is 2.23. The molecule has 0 saturated carbocycles. The topological polar surface area (TPSA) is 94.6 Å². The van der Waals surface area contributed by atoms with Gasteiger partial charge in [0.2, 0.25) is 10.0 Å². The Kier molecular flexibility index (Phi) is 3.42. The van der Waals surface area contributed by atoms with Crippen molar-refractivity contribution in [2.24, 2.45) is 12.2 Å². The predicted octanol–water partition coefficient (Wildman–Crippen LogP) is -0.855. The van der Waals surface area contributed by atoms with Crippen LogP contribution in [0.5, 0.6) is 0 Å². The van der Waals surface area contributed by atoms with E-state index in [1.165, 1.54) is 16.8 Å². The largest absolute Gasteiger partial charge is 0.378 e. The average Bonchev–Trinajstić information content (AvgIpc) is 2.71. The molecule has 2 N–H and O–H groups in total. The summed E-state index contributed by atoms with van der Waals surface area (Å²) in [6.07, 6.45) is 1.34. The van der Waals surface area contributed by atoms with Crippen LogP contribution in [0.2, 0.25) is 0 Å². The van der Waals surface area contributed by atoms with E-state index in [4.69, 9.17) is 9.88 Å². The lowest BCUT2D eigenvalue weighted by atomic mass is 10.3. The second kappa shape index (κ2) is 4.71. The van der Waals surface area contributed by atoms with Crippen molar-refractivity contribution in [3.05, 3.63) is 18.0 Å². The summed E-state index contributed by atoms with van der Waals surface area (Å²) in [4.78, 5) is 13.8. The average molecular weight is 273 g/mol. The Morgan fingerprint density at radius 2 is 2.00 bits per heavy atom. The highest BCUT2D eigenvalue weighted by molar-refractivity contribution is 7.89. The molecule has 1 saturated heterocycles. The van der Waals surface area contributed by atoms with Gasteiger partial charge in [0.25, 0.3) is 5.91 Å². The van der Waals surface area contributed by atoms with Crippen LogP contribution in [0.25, 0.3) is 0 Å². The Morgan fingerprint density at radius 3 is 2.50 bits per heavy atom. The first-order chi connectivity index (χ1) is 8.39. The minimum Gasteiger partial charge on any atom is -0.378 e. The fourth-order valence-electron chi connectivity index (χ4n) is 1.83. The van der Waals surface area contributed by atoms with E-state index < -0.39 is 10.0 Å². The normalized spacial score (nSPS) is 16.9. The molecule has 0 aliphatic carbocycles. The summed E-state index contributed by atoms with van der Waals surface area (Å²) in [6, 6.07) is 1.30. The van der Waals surface area contributed by atoms with Crippen LogP contribution < -0.4 is 5.14 Å². The van der Waals surface area contributed by atoms with Crippen LogP contribution in [0.4, 0.5) is 0 Å². The molecule has 1 aliphatic rings. The lowest BCUT2D eigenvalue weighted by molar-refractivity contribution is 0.0296. The van der Waals surface area contributed by atoms with Crippen LogP contribution in [0, 0.1) is 0 Å². The zero-order chi connectivity index (χ0) is 13.3. The van der Waals surface area contributed by atoms with Gasteiger partial charge in [0.1, 0.15) is 10.6 Å². The van der Waals surface area contributed by atoms with Crippen molar-refractivity contribution in [1.29, 1.82) is 0 Å². The maximum Gasteiger partial charge on any atom is 0.270 e. The molecular formula is C10H15N3O4S. The van der Waals surface area contributed by atoms with Crippen LogP contribution in [-0.4, -0.2) is 50.1 Å². The van der Waals surface area contributed by atoms with E-state index in [0.29, 0.717) is 32.0 Å². The molecule has 0 radical (unpaired) electrons. The van der Waals surface area contributed by atoms with Gasteiger partial charge in [0, 0.05) is 26.3 Å². The van der Waals surface area contributed by atoms with Gasteiger partial charge < -0.3 is 14.2 Å². The number of nitrogens with zero attached hydrogens (tertiary/aromatic N) is 2. The summed E-state index contributed by atoms with van der Waals surface area (Å²) in [5.41, 5.74) is 0.306. The van der Waals surface area contributed by atoms with Gasteiger partial charge >= 0.3 is 0 Å². The SMILES string of the molecule is Cn1cc(S(N)(=O)=O)cc1C(=O)N1CCOCC1. The van der Waals surface area contributed by atoms with Gasteiger partial charge in [-0.3, -0.25) is 4.79 Å². The number of hydrogen-bond donors (Lipinski definition) is 1. The number of rotatable bonds is 2. The van der Waals surface area contributed by atoms with E-state index in [0.717, 1.165) is 0 Å². The predicted molar refractivity (Wildman–Crippen MR) is 63.5 cm³/mol. The molecule has 0 unspecified atom stereocenters. The third-order valence-corrected chi connectivity index (χ3v) is 3.71. The first kappa shape index (κ1) is 13.1. The Hall–Kier alpha value is -1.38. The molecule has 7 nitrogen and oxygen atoms in total. The van der Waals surface area contributed by atoms with Crippen molar-refractivity contribution in [1.82, 2.24) is 9.47 Å². The van der Waals surface area contributed by atoms with Crippen molar-refractivity contribution in [2.45, 2.75) is 4.90 Å². The summed E-state index contributed by atoms with van der Waals surface area (Å²) in [5, 5.41) is 5.03. The third kappa shape index (κ3) is 2.55. The van der Waals surface area contributed by atoms with Gasteiger partial charge in [-0.2, -0.15) is 0 Å². The van der Waals surface area contributed by atoms with Gasteiger partial charge in [0.15, 0.2) is 0 Å². The lowest BCUT2D eigenvalue weighted by Gasteiger charge is -2.26. The first-order valence-corrected chi connectivity index (χ1v) is 7.00. The Bertz CT molecular complexity index is 558. The molecule has 8 heteroatoms. The molecule has 1 fully saturated rings. The van der Waals surface area contributed by atoms with E-state index in [1.54, 1.807) is 11.9 Å². The number of carbonyl (C=O) groups is 1. The zero-order valence-corrected chi connectivity index (χ0v) is 10.8. The number of amides is 1. The number of morpholine rings is 1. The molecule has 100 valence electrons. The Balaban J connectivity index is 2.28. The zero-order valence-electron chi connectivity index (χ0n) is 10.00. The summed E-state index contributed by atoms with van der Waals surface area (Å²) >= 11 is 0. The number of sulfonamides is 1. The summed E-state index contributed by atoms with van der Waals surface area (Å²) in [6.45, 7) is 2.01. The fourth-order valence-corrected chi connectivity index (χ4v) is 2.41. The fraction of sp³-hybridized carbons (Fsp3) is 0.500. The second-order valence-corrected chi connectivity index (χ2v) is 5.68. The number of hydrogen-bond acceptors (Lipinski definition) is 4. The molecule has 1 amide bonds. The highest BCUT2D eigenvalue weighted by atomic mass is 32.2. The Labute approximate surface area is 105 Å². The van der Waals surface area contributed by atoms with Gasteiger partial charge in [0.05, 0.1) is 13.2 Å². The van der Waals surface area contributed by atoms with Crippen molar-refractivity contribution >= 4 is 15.9 Å². The summed E-state index contributed by atoms with van der Waals surface area (Å²) in [5.74, 6) is -0.212. The number of aryl methyl sites for hydroxylation is 1. The van der Waals surface area contributed by atoms with Crippen LogP contribution in [0.15, 0.2) is 17.2 Å². The van der Waals surface area contributed by atoms with Gasteiger partial charge in [-0.1, -0.05) is 0 Å². The molecule has 0 bridgehead atoms. The number of primary sulfonamides is 1. The molecule has 0 spiro atoms. The lowest BCUT2D eigenvalue weighted by Crippen LogP contribution is -2.41. The van der Waals surface area contributed by atoms with Crippen LogP contribution in [0.3, 0.4) is 0 Å². The van der Waals surface area contributed by atoms with Gasteiger partial charge in [-0.15, -0.1) is 0 Å². The van der Waals surface area contributed by atoms with Crippen LogP contribution in [0.1, 0.15) is 10.5 Å². The number of nitrogens with two attached hydrogens (primary N) is 1.